The maximum Gasteiger partial charge on any atom is 0.230 e. The van der Waals surface area contributed by atoms with E-state index in [1.807, 2.05) is 19.9 Å². The molecule has 0 aliphatic heterocycles. The molecule has 2 aromatic heterocycles. The van der Waals surface area contributed by atoms with Gasteiger partial charge in [-0.1, -0.05) is 19.1 Å². The lowest BCUT2D eigenvalue weighted by Gasteiger charge is -2.15. The average molecular weight is 355 g/mol. The highest BCUT2D eigenvalue weighted by molar-refractivity contribution is 6.99. The molecule has 1 atom stereocenters. The summed E-state index contributed by atoms with van der Waals surface area (Å²) >= 11 is 1.06. The summed E-state index contributed by atoms with van der Waals surface area (Å²) in [5.41, 5.74) is 1.65. The molecule has 3 aromatic rings. The van der Waals surface area contributed by atoms with Gasteiger partial charge in [-0.2, -0.15) is 8.75 Å². The third-order valence-corrected chi connectivity index (χ3v) is 4.22. The molecular formula is C17H17N5O2S. The molecule has 128 valence electrons. The van der Waals surface area contributed by atoms with Crippen molar-refractivity contribution in [3.8, 4) is 5.75 Å². The normalized spacial score (nSPS) is 11.7. The van der Waals surface area contributed by atoms with Crippen LogP contribution in [0, 0.1) is 13.5 Å². The Morgan fingerprint density at radius 1 is 1.36 bits per heavy atom. The van der Waals surface area contributed by atoms with Gasteiger partial charge in [0.15, 0.2) is 11.6 Å². The molecule has 25 heavy (non-hydrogen) atoms. The Morgan fingerprint density at radius 3 is 2.84 bits per heavy atom. The smallest absolute Gasteiger partial charge is 0.230 e. The first kappa shape index (κ1) is 16.8. The van der Waals surface area contributed by atoms with E-state index in [2.05, 4.69) is 24.2 Å². The molecule has 0 saturated heterocycles. The number of nitrogens with zero attached hydrogens (tertiary/aromatic N) is 3. The topological polar surface area (TPSA) is 87.6 Å². The number of benzene rings is 1. The summed E-state index contributed by atoms with van der Waals surface area (Å²) in [4.78, 5) is 3.28. The quantitative estimate of drug-likeness (QED) is 0.426. The molecule has 0 amide bonds. The summed E-state index contributed by atoms with van der Waals surface area (Å²) in [6, 6.07) is 6.88. The van der Waals surface area contributed by atoms with Gasteiger partial charge in [-0.3, -0.25) is 0 Å². The minimum absolute atomic E-state index is 0.0404. The maximum absolute atomic E-state index is 10.1. The zero-order valence-corrected chi connectivity index (χ0v) is 14.6. The summed E-state index contributed by atoms with van der Waals surface area (Å²) in [5.74, 6) is 1.78. The van der Waals surface area contributed by atoms with Gasteiger partial charge in [0.1, 0.15) is 11.5 Å². The van der Waals surface area contributed by atoms with E-state index in [1.165, 1.54) is 0 Å². The van der Waals surface area contributed by atoms with Crippen molar-refractivity contribution in [1.29, 1.82) is 0 Å². The number of hydrogen-bond donors (Lipinski definition) is 3. The third kappa shape index (κ3) is 3.56. The van der Waals surface area contributed by atoms with E-state index in [1.54, 1.807) is 24.5 Å². The second kappa shape index (κ2) is 7.23. The van der Waals surface area contributed by atoms with E-state index in [4.69, 9.17) is 11.0 Å². The van der Waals surface area contributed by atoms with Gasteiger partial charge in [0.25, 0.3) is 0 Å². The Hall–Kier alpha value is -3.05. The number of furan rings is 1. The lowest BCUT2D eigenvalue weighted by Crippen LogP contribution is -2.10. The Morgan fingerprint density at radius 2 is 2.16 bits per heavy atom. The Labute approximate surface area is 149 Å². The zero-order chi connectivity index (χ0) is 17.8. The van der Waals surface area contributed by atoms with Gasteiger partial charge in [0.2, 0.25) is 5.69 Å². The van der Waals surface area contributed by atoms with Gasteiger partial charge >= 0.3 is 0 Å². The van der Waals surface area contributed by atoms with Crippen LogP contribution in [0.1, 0.15) is 30.7 Å². The number of rotatable bonds is 6. The van der Waals surface area contributed by atoms with E-state index >= 15 is 0 Å². The van der Waals surface area contributed by atoms with Crippen LogP contribution in [0.2, 0.25) is 0 Å². The maximum atomic E-state index is 10.1. The van der Waals surface area contributed by atoms with Crippen LogP contribution in [-0.2, 0) is 0 Å². The highest BCUT2D eigenvalue weighted by atomic mass is 32.1. The first-order valence-electron chi connectivity index (χ1n) is 7.73. The number of nitrogens with one attached hydrogen (secondary N) is 2. The van der Waals surface area contributed by atoms with Crippen molar-refractivity contribution in [2.75, 3.05) is 10.6 Å². The molecule has 0 bridgehead atoms. The van der Waals surface area contributed by atoms with Gasteiger partial charge < -0.3 is 20.2 Å². The summed E-state index contributed by atoms with van der Waals surface area (Å²) in [6.07, 6.45) is 2.52. The van der Waals surface area contributed by atoms with Crippen LogP contribution in [0.25, 0.3) is 4.85 Å². The highest BCUT2D eigenvalue weighted by Crippen LogP contribution is 2.37. The summed E-state index contributed by atoms with van der Waals surface area (Å²) in [5, 5.41) is 16.5. The van der Waals surface area contributed by atoms with E-state index in [0.717, 1.165) is 29.5 Å². The highest BCUT2D eigenvalue weighted by Gasteiger charge is 2.18. The van der Waals surface area contributed by atoms with Gasteiger partial charge in [-0.15, -0.1) is 0 Å². The molecule has 3 rings (SSSR count). The molecule has 7 nitrogen and oxygen atoms in total. The number of aromatic hydroxyl groups is 1. The Kier molecular flexibility index (Phi) is 4.86. The summed E-state index contributed by atoms with van der Waals surface area (Å²) in [7, 11) is 0. The minimum atomic E-state index is -0.106. The van der Waals surface area contributed by atoms with E-state index in [9.17, 15) is 5.11 Å². The van der Waals surface area contributed by atoms with Crippen molar-refractivity contribution in [2.24, 2.45) is 0 Å². The van der Waals surface area contributed by atoms with Crippen molar-refractivity contribution in [3.05, 3.63) is 53.3 Å². The standard InChI is InChI=1S/C17H17N5O2S/c1-4-11(14-8-10(2)9-24-14)19-16-17(22-25-21-16)20-13-7-5-6-12(18-3)15(13)23/h5-9,11,23H,4H2,1-2H3,(H,19,21)(H,20,22). The van der Waals surface area contributed by atoms with Crippen LogP contribution in [0.3, 0.4) is 0 Å². The van der Waals surface area contributed by atoms with Crippen molar-refractivity contribution >= 4 is 34.7 Å². The minimum Gasteiger partial charge on any atom is -0.517 e. The SMILES string of the molecule is [C-]#[N+]c1cccc(Nc2nsnc2NC(CC)c2cc(C)co2)c1O. The predicted octanol–water partition coefficient (Wildman–Crippen LogP) is 5.00. The molecule has 0 aliphatic carbocycles. The summed E-state index contributed by atoms with van der Waals surface area (Å²) < 4.78 is 14.1. The molecule has 0 spiro atoms. The number of aromatic nitrogens is 2. The predicted molar refractivity (Wildman–Crippen MR) is 97.7 cm³/mol. The molecule has 0 aliphatic rings. The van der Waals surface area contributed by atoms with Crippen molar-refractivity contribution in [1.82, 2.24) is 8.75 Å². The third-order valence-electron chi connectivity index (χ3n) is 3.69. The molecule has 0 saturated carbocycles. The number of hydrogen-bond acceptors (Lipinski definition) is 7. The Bertz CT molecular complexity index is 912. The summed E-state index contributed by atoms with van der Waals surface area (Å²) in [6.45, 7) is 11.1. The van der Waals surface area contributed by atoms with Crippen LogP contribution in [0.5, 0.6) is 5.75 Å². The molecule has 8 heteroatoms. The first-order valence-corrected chi connectivity index (χ1v) is 8.46. The van der Waals surface area contributed by atoms with Crippen molar-refractivity contribution in [2.45, 2.75) is 26.3 Å². The molecule has 3 N–H and O–H groups in total. The second-order valence-corrected chi connectivity index (χ2v) is 6.03. The fourth-order valence-electron chi connectivity index (χ4n) is 2.39. The Balaban J connectivity index is 1.82. The fraction of sp³-hybridized carbons (Fsp3) is 0.235. The monoisotopic (exact) mass is 355 g/mol. The van der Waals surface area contributed by atoms with Crippen LogP contribution >= 0.6 is 11.7 Å². The number of aryl methyl sites for hydroxylation is 1. The number of phenols is 1. The molecular weight excluding hydrogens is 338 g/mol. The molecule has 0 radical (unpaired) electrons. The van der Waals surface area contributed by atoms with Crippen LogP contribution in [0.4, 0.5) is 23.0 Å². The number of phenolic OH excluding ortho intramolecular Hbond substituents is 1. The fourth-order valence-corrected chi connectivity index (χ4v) is 2.87. The van der Waals surface area contributed by atoms with Gasteiger partial charge in [0.05, 0.1) is 36.3 Å². The zero-order valence-electron chi connectivity index (χ0n) is 13.8. The van der Waals surface area contributed by atoms with Gasteiger partial charge in [-0.05, 0) is 31.0 Å². The lowest BCUT2D eigenvalue weighted by atomic mass is 10.1. The second-order valence-electron chi connectivity index (χ2n) is 5.50. The van der Waals surface area contributed by atoms with Crippen LogP contribution < -0.4 is 10.6 Å². The first-order chi connectivity index (χ1) is 12.1. The van der Waals surface area contributed by atoms with E-state index < -0.39 is 0 Å². The number of para-hydroxylation sites is 1. The number of anilines is 3. The van der Waals surface area contributed by atoms with Crippen LogP contribution in [-0.4, -0.2) is 13.9 Å². The van der Waals surface area contributed by atoms with Crippen LogP contribution in [0.15, 0.2) is 34.9 Å². The van der Waals surface area contributed by atoms with E-state index in [0.29, 0.717) is 17.3 Å². The average Bonchev–Trinajstić information content (AvgIpc) is 3.23. The van der Waals surface area contributed by atoms with Gasteiger partial charge in [-0.25, -0.2) is 4.85 Å². The molecule has 1 aromatic carbocycles. The molecule has 2 heterocycles. The van der Waals surface area contributed by atoms with Crippen molar-refractivity contribution < 1.29 is 9.52 Å². The lowest BCUT2D eigenvalue weighted by molar-refractivity contribution is 0.473. The van der Waals surface area contributed by atoms with Crippen molar-refractivity contribution in [3.63, 3.8) is 0 Å². The molecule has 0 fully saturated rings. The molecule has 1 unspecified atom stereocenters. The van der Waals surface area contributed by atoms with E-state index in [-0.39, 0.29) is 17.5 Å². The van der Waals surface area contributed by atoms with Gasteiger partial charge in [0, 0.05) is 0 Å². The largest absolute Gasteiger partial charge is 0.517 e.